The summed E-state index contributed by atoms with van der Waals surface area (Å²) < 4.78 is 0. The quantitative estimate of drug-likeness (QED) is 0.816. The highest BCUT2D eigenvalue weighted by Crippen LogP contribution is 2.41. The van der Waals surface area contributed by atoms with Crippen molar-refractivity contribution in [2.75, 3.05) is 0 Å². The molecule has 2 rings (SSSR count). The van der Waals surface area contributed by atoms with Crippen LogP contribution in [0.5, 0.6) is 0 Å². The Hall–Kier alpha value is -1.42. The van der Waals surface area contributed by atoms with Crippen LogP contribution in [0.3, 0.4) is 0 Å². The number of amides is 1. The van der Waals surface area contributed by atoms with Gasteiger partial charge in [0.05, 0.1) is 10.4 Å². The van der Waals surface area contributed by atoms with Gasteiger partial charge in [0.15, 0.2) is 0 Å². The Labute approximate surface area is 113 Å². The highest BCUT2D eigenvalue weighted by atomic mass is 32.1. The van der Waals surface area contributed by atoms with Crippen LogP contribution in [0.15, 0.2) is 30.3 Å². The average Bonchev–Trinajstić information content (AvgIpc) is 3.09. The zero-order valence-electron chi connectivity index (χ0n) is 10.6. The summed E-state index contributed by atoms with van der Waals surface area (Å²) in [6.07, 6.45) is 0.989. The molecule has 0 radical (unpaired) electrons. The van der Waals surface area contributed by atoms with Crippen LogP contribution < -0.4 is 11.1 Å². The molecule has 1 saturated carbocycles. The fraction of sp³-hybridized carbons (Fsp3) is 0.429. The van der Waals surface area contributed by atoms with Crippen molar-refractivity contribution in [1.29, 1.82) is 0 Å². The predicted octanol–water partition coefficient (Wildman–Crippen LogP) is 1.97. The minimum atomic E-state index is -0.779. The van der Waals surface area contributed by atoms with E-state index in [0.717, 1.165) is 6.42 Å². The van der Waals surface area contributed by atoms with Crippen molar-refractivity contribution in [2.45, 2.75) is 32.2 Å². The third-order valence-corrected chi connectivity index (χ3v) is 4.03. The first-order valence-corrected chi connectivity index (χ1v) is 6.49. The van der Waals surface area contributed by atoms with E-state index in [1.165, 1.54) is 5.56 Å². The Kier molecular flexibility index (Phi) is 3.39. The second-order valence-corrected chi connectivity index (χ2v) is 5.76. The summed E-state index contributed by atoms with van der Waals surface area (Å²) in [4.78, 5) is 12.3. The predicted molar refractivity (Wildman–Crippen MR) is 76.3 cm³/mol. The van der Waals surface area contributed by atoms with Gasteiger partial charge in [-0.2, -0.15) is 0 Å². The van der Waals surface area contributed by atoms with Gasteiger partial charge in [-0.15, -0.1) is 0 Å². The van der Waals surface area contributed by atoms with Crippen LogP contribution >= 0.6 is 12.2 Å². The molecule has 1 aliphatic rings. The Morgan fingerprint density at radius 2 is 2.00 bits per heavy atom. The summed E-state index contributed by atoms with van der Waals surface area (Å²) in [7, 11) is 0. The van der Waals surface area contributed by atoms with Gasteiger partial charge in [-0.3, -0.25) is 4.79 Å². The van der Waals surface area contributed by atoms with Gasteiger partial charge < -0.3 is 11.1 Å². The fourth-order valence-corrected chi connectivity index (χ4v) is 1.98. The number of carbonyl (C=O) groups is 1. The molecule has 4 heteroatoms. The van der Waals surface area contributed by atoms with E-state index in [1.54, 1.807) is 13.8 Å². The lowest BCUT2D eigenvalue weighted by Gasteiger charge is -2.22. The second-order valence-electron chi connectivity index (χ2n) is 5.32. The minimum Gasteiger partial charge on any atom is -0.392 e. The van der Waals surface area contributed by atoms with Gasteiger partial charge in [0, 0.05) is 12.0 Å². The second kappa shape index (κ2) is 4.69. The smallest absolute Gasteiger partial charge is 0.232 e. The van der Waals surface area contributed by atoms with Gasteiger partial charge in [0.25, 0.3) is 0 Å². The average molecular weight is 262 g/mol. The van der Waals surface area contributed by atoms with Crippen LogP contribution in [0.4, 0.5) is 0 Å². The minimum absolute atomic E-state index is 0.0848. The molecule has 3 nitrogen and oxygen atoms in total. The van der Waals surface area contributed by atoms with Crippen molar-refractivity contribution in [3.63, 3.8) is 0 Å². The first-order chi connectivity index (χ1) is 8.43. The number of hydrogen-bond acceptors (Lipinski definition) is 2. The zero-order chi connectivity index (χ0) is 13.3. The lowest BCUT2D eigenvalue weighted by molar-refractivity contribution is -0.126. The normalized spacial score (nSPS) is 22.3. The Balaban J connectivity index is 1.95. The SMILES string of the molecule is CC(C)(C(=O)NC1CC1c1ccccc1)C(N)=S. The fourth-order valence-electron chi connectivity index (χ4n) is 1.88. The van der Waals surface area contributed by atoms with Crippen molar-refractivity contribution in [2.24, 2.45) is 11.1 Å². The molecule has 1 aromatic rings. The molecule has 18 heavy (non-hydrogen) atoms. The third-order valence-electron chi connectivity index (χ3n) is 3.52. The molecule has 1 fully saturated rings. The van der Waals surface area contributed by atoms with Crippen molar-refractivity contribution in [1.82, 2.24) is 5.32 Å². The largest absolute Gasteiger partial charge is 0.392 e. The van der Waals surface area contributed by atoms with E-state index in [-0.39, 0.29) is 16.9 Å². The Bertz CT molecular complexity index is 470. The van der Waals surface area contributed by atoms with Gasteiger partial charge in [-0.25, -0.2) is 0 Å². The number of benzene rings is 1. The van der Waals surface area contributed by atoms with Gasteiger partial charge in [-0.05, 0) is 25.8 Å². The molecular weight excluding hydrogens is 244 g/mol. The van der Waals surface area contributed by atoms with Crippen molar-refractivity contribution < 1.29 is 4.79 Å². The number of rotatable bonds is 4. The van der Waals surface area contributed by atoms with Gasteiger partial charge in [0.2, 0.25) is 5.91 Å². The summed E-state index contributed by atoms with van der Waals surface area (Å²) in [5.41, 5.74) is 6.08. The summed E-state index contributed by atoms with van der Waals surface area (Å²) >= 11 is 4.92. The number of nitrogens with two attached hydrogens (primary N) is 1. The molecule has 0 heterocycles. The van der Waals surface area contributed by atoms with Crippen LogP contribution in [-0.2, 0) is 4.79 Å². The monoisotopic (exact) mass is 262 g/mol. The maximum absolute atomic E-state index is 12.1. The summed E-state index contributed by atoms with van der Waals surface area (Å²) in [6.45, 7) is 3.51. The number of hydrogen-bond donors (Lipinski definition) is 2. The van der Waals surface area contributed by atoms with Gasteiger partial charge >= 0.3 is 0 Å². The van der Waals surface area contributed by atoms with Crippen LogP contribution in [0.1, 0.15) is 31.7 Å². The molecule has 1 aliphatic carbocycles. The maximum atomic E-state index is 12.1. The van der Waals surface area contributed by atoms with E-state index in [4.69, 9.17) is 18.0 Å². The molecule has 0 bridgehead atoms. The molecule has 3 N–H and O–H groups in total. The Morgan fingerprint density at radius 3 is 2.56 bits per heavy atom. The number of thiocarbonyl (C=S) groups is 1. The van der Waals surface area contributed by atoms with E-state index in [1.807, 2.05) is 18.2 Å². The highest BCUT2D eigenvalue weighted by molar-refractivity contribution is 7.80. The van der Waals surface area contributed by atoms with Crippen molar-refractivity contribution in [3.8, 4) is 0 Å². The lowest BCUT2D eigenvalue weighted by Crippen LogP contribution is -2.45. The molecule has 0 saturated heterocycles. The molecule has 0 spiro atoms. The highest BCUT2D eigenvalue weighted by Gasteiger charge is 2.42. The van der Waals surface area contributed by atoms with E-state index < -0.39 is 5.41 Å². The summed E-state index contributed by atoms with van der Waals surface area (Å²) in [5.74, 6) is 0.343. The van der Waals surface area contributed by atoms with E-state index in [9.17, 15) is 4.79 Å². The molecule has 1 amide bonds. The van der Waals surface area contributed by atoms with Crippen LogP contribution in [-0.4, -0.2) is 16.9 Å². The van der Waals surface area contributed by atoms with Crippen LogP contribution in [0, 0.1) is 5.41 Å². The van der Waals surface area contributed by atoms with E-state index in [2.05, 4.69) is 17.4 Å². The summed E-state index contributed by atoms with van der Waals surface area (Å²) in [6, 6.07) is 10.4. The van der Waals surface area contributed by atoms with Crippen LogP contribution in [0.25, 0.3) is 0 Å². The topological polar surface area (TPSA) is 55.1 Å². The molecule has 2 unspecified atom stereocenters. The number of nitrogens with one attached hydrogen (secondary N) is 1. The van der Waals surface area contributed by atoms with Crippen molar-refractivity contribution >= 4 is 23.1 Å². The standard InChI is InChI=1S/C14H18N2OS/c1-14(2,12(15)18)13(17)16-11-8-10(11)9-6-4-3-5-7-9/h3-7,10-11H,8H2,1-2H3,(H2,15,18)(H,16,17). The number of carbonyl (C=O) groups excluding carboxylic acids is 1. The van der Waals surface area contributed by atoms with Crippen LogP contribution in [0.2, 0.25) is 0 Å². The molecule has 0 aliphatic heterocycles. The van der Waals surface area contributed by atoms with Gasteiger partial charge in [0.1, 0.15) is 0 Å². The Morgan fingerprint density at radius 1 is 1.39 bits per heavy atom. The summed E-state index contributed by atoms with van der Waals surface area (Å²) in [5, 5.41) is 3.02. The van der Waals surface area contributed by atoms with E-state index >= 15 is 0 Å². The third kappa shape index (κ3) is 2.53. The molecule has 2 atom stereocenters. The molecule has 1 aromatic carbocycles. The first kappa shape index (κ1) is 13.0. The molecular formula is C14H18N2OS. The first-order valence-electron chi connectivity index (χ1n) is 6.08. The van der Waals surface area contributed by atoms with E-state index in [0.29, 0.717) is 5.92 Å². The molecule has 0 aromatic heterocycles. The zero-order valence-corrected chi connectivity index (χ0v) is 11.5. The van der Waals surface area contributed by atoms with Crippen molar-refractivity contribution in [3.05, 3.63) is 35.9 Å². The van der Waals surface area contributed by atoms with Gasteiger partial charge in [-0.1, -0.05) is 42.5 Å². The lowest BCUT2D eigenvalue weighted by atomic mass is 9.92. The maximum Gasteiger partial charge on any atom is 0.232 e. The molecule has 96 valence electrons.